The second-order valence-corrected chi connectivity index (χ2v) is 4.29. The van der Waals surface area contributed by atoms with Gasteiger partial charge < -0.3 is 0 Å². The van der Waals surface area contributed by atoms with Crippen LogP contribution >= 0.6 is 0 Å². The monoisotopic (exact) mass is 156 g/mol. The molecule has 0 amide bonds. The highest BCUT2D eigenvalue weighted by atomic mass is 15.2. The molecule has 1 atom stereocenters. The van der Waals surface area contributed by atoms with Crippen LogP contribution < -0.4 is 11.3 Å². The summed E-state index contributed by atoms with van der Waals surface area (Å²) < 4.78 is 0. The maximum atomic E-state index is 5.36. The molecule has 0 spiro atoms. The molecule has 1 rings (SSSR count). The van der Waals surface area contributed by atoms with Crippen molar-refractivity contribution in [3.63, 3.8) is 0 Å². The Morgan fingerprint density at radius 3 is 2.45 bits per heavy atom. The number of hydrogen-bond donors (Lipinski definition) is 2. The molecule has 0 aromatic heterocycles. The fourth-order valence-electron chi connectivity index (χ4n) is 2.23. The molecule has 1 aliphatic rings. The van der Waals surface area contributed by atoms with Gasteiger partial charge in [0.05, 0.1) is 0 Å². The van der Waals surface area contributed by atoms with E-state index in [1.165, 1.54) is 32.1 Å². The Morgan fingerprint density at radius 1 is 1.45 bits per heavy atom. The first-order valence-electron chi connectivity index (χ1n) is 4.62. The smallest absolute Gasteiger partial charge is 0.0187 e. The van der Waals surface area contributed by atoms with Gasteiger partial charge in [0, 0.05) is 6.04 Å². The van der Waals surface area contributed by atoms with E-state index in [9.17, 15) is 0 Å². The van der Waals surface area contributed by atoms with Crippen molar-refractivity contribution in [1.29, 1.82) is 0 Å². The molecule has 1 aliphatic carbocycles. The van der Waals surface area contributed by atoms with E-state index in [-0.39, 0.29) is 0 Å². The molecule has 0 aromatic carbocycles. The maximum Gasteiger partial charge on any atom is 0.0187 e. The third-order valence-electron chi connectivity index (χ3n) is 2.89. The minimum atomic E-state index is 0.470. The zero-order valence-electron chi connectivity index (χ0n) is 7.69. The molecule has 2 heteroatoms. The fraction of sp³-hybridized carbons (Fsp3) is 1.00. The molecule has 1 unspecified atom stereocenters. The number of nitrogens with one attached hydrogen (secondary N) is 1. The van der Waals surface area contributed by atoms with Gasteiger partial charge in [-0.05, 0) is 31.6 Å². The van der Waals surface area contributed by atoms with Crippen LogP contribution in [0.2, 0.25) is 0 Å². The zero-order valence-corrected chi connectivity index (χ0v) is 7.69. The van der Waals surface area contributed by atoms with E-state index < -0.39 is 0 Å². The van der Waals surface area contributed by atoms with E-state index in [1.807, 2.05) is 0 Å². The summed E-state index contributed by atoms with van der Waals surface area (Å²) in [6.45, 7) is 4.54. The summed E-state index contributed by atoms with van der Waals surface area (Å²) in [6.07, 6.45) is 6.82. The molecule has 0 aliphatic heterocycles. The van der Waals surface area contributed by atoms with E-state index in [0.29, 0.717) is 11.5 Å². The average molecular weight is 156 g/mol. The summed E-state index contributed by atoms with van der Waals surface area (Å²) in [6, 6.07) is 0.470. The van der Waals surface area contributed by atoms with Gasteiger partial charge in [0.25, 0.3) is 0 Å². The summed E-state index contributed by atoms with van der Waals surface area (Å²) in [5.74, 6) is 5.36. The summed E-state index contributed by atoms with van der Waals surface area (Å²) in [4.78, 5) is 0. The highest BCUT2D eigenvalue weighted by Gasteiger charge is 2.29. The molecule has 0 saturated heterocycles. The lowest BCUT2D eigenvalue weighted by Gasteiger charge is -2.26. The summed E-state index contributed by atoms with van der Waals surface area (Å²) in [7, 11) is 0. The Hall–Kier alpha value is -0.0800. The first-order valence-corrected chi connectivity index (χ1v) is 4.62. The van der Waals surface area contributed by atoms with E-state index >= 15 is 0 Å². The largest absolute Gasteiger partial charge is 0.271 e. The predicted octanol–water partition coefficient (Wildman–Crippen LogP) is 1.81. The minimum Gasteiger partial charge on any atom is -0.271 e. The number of hydrogen-bond acceptors (Lipinski definition) is 2. The number of nitrogens with two attached hydrogens (primary N) is 1. The molecule has 0 aromatic rings. The Bertz CT molecular complexity index is 117. The molecular formula is C9H20N2. The Balaban J connectivity index is 2.33. The van der Waals surface area contributed by atoms with Gasteiger partial charge in [0.1, 0.15) is 0 Å². The van der Waals surface area contributed by atoms with E-state index in [2.05, 4.69) is 19.3 Å². The van der Waals surface area contributed by atoms with Gasteiger partial charge in [-0.1, -0.05) is 19.8 Å². The van der Waals surface area contributed by atoms with Crippen molar-refractivity contribution in [2.75, 3.05) is 0 Å². The number of hydrazine groups is 1. The van der Waals surface area contributed by atoms with Gasteiger partial charge in [-0.25, -0.2) is 0 Å². The first kappa shape index (κ1) is 9.01. The molecular weight excluding hydrogens is 136 g/mol. The molecule has 0 heterocycles. The van der Waals surface area contributed by atoms with Crippen LogP contribution in [0.4, 0.5) is 0 Å². The molecule has 3 N–H and O–H groups in total. The van der Waals surface area contributed by atoms with Crippen molar-refractivity contribution in [1.82, 2.24) is 5.43 Å². The quantitative estimate of drug-likeness (QED) is 0.483. The molecule has 11 heavy (non-hydrogen) atoms. The fourth-order valence-corrected chi connectivity index (χ4v) is 2.23. The predicted molar refractivity (Wildman–Crippen MR) is 48.0 cm³/mol. The standard InChI is InChI=1S/C9H20N2/c1-8(11-10)7-9(2)5-3-4-6-9/h8,11H,3-7,10H2,1-2H3. The van der Waals surface area contributed by atoms with Gasteiger partial charge in [0.15, 0.2) is 0 Å². The molecule has 1 fully saturated rings. The Kier molecular flexibility index (Phi) is 2.90. The van der Waals surface area contributed by atoms with Crippen LogP contribution in [-0.4, -0.2) is 6.04 Å². The number of rotatable bonds is 3. The lowest BCUT2D eigenvalue weighted by molar-refractivity contribution is 0.269. The van der Waals surface area contributed by atoms with E-state index in [0.717, 1.165) is 0 Å². The van der Waals surface area contributed by atoms with Crippen molar-refractivity contribution < 1.29 is 0 Å². The molecule has 1 saturated carbocycles. The highest BCUT2D eigenvalue weighted by molar-refractivity contribution is 4.83. The van der Waals surface area contributed by atoms with Gasteiger partial charge in [-0.2, -0.15) is 0 Å². The van der Waals surface area contributed by atoms with Gasteiger partial charge in [-0.3, -0.25) is 11.3 Å². The van der Waals surface area contributed by atoms with Crippen molar-refractivity contribution in [3.8, 4) is 0 Å². The van der Waals surface area contributed by atoms with E-state index in [4.69, 9.17) is 5.84 Å². The molecule has 0 bridgehead atoms. The van der Waals surface area contributed by atoms with Crippen LogP contribution in [-0.2, 0) is 0 Å². The SMILES string of the molecule is CC(CC1(C)CCCC1)NN. The Morgan fingerprint density at radius 2 is 2.00 bits per heavy atom. The van der Waals surface area contributed by atoms with Crippen LogP contribution in [0, 0.1) is 5.41 Å². The van der Waals surface area contributed by atoms with Crippen LogP contribution in [0.3, 0.4) is 0 Å². The molecule has 2 nitrogen and oxygen atoms in total. The van der Waals surface area contributed by atoms with Crippen LogP contribution in [0.5, 0.6) is 0 Å². The summed E-state index contributed by atoms with van der Waals surface area (Å²) in [5, 5.41) is 0. The first-order chi connectivity index (χ1) is 5.16. The average Bonchev–Trinajstić information content (AvgIpc) is 2.36. The van der Waals surface area contributed by atoms with Crippen molar-refractivity contribution in [2.24, 2.45) is 11.3 Å². The zero-order chi connectivity index (χ0) is 8.32. The second kappa shape index (κ2) is 3.55. The lowest BCUT2D eigenvalue weighted by Crippen LogP contribution is -2.36. The third-order valence-corrected chi connectivity index (χ3v) is 2.89. The summed E-state index contributed by atoms with van der Waals surface area (Å²) >= 11 is 0. The third kappa shape index (κ3) is 2.46. The second-order valence-electron chi connectivity index (χ2n) is 4.29. The van der Waals surface area contributed by atoms with Gasteiger partial charge in [0.2, 0.25) is 0 Å². The van der Waals surface area contributed by atoms with Crippen molar-refractivity contribution in [3.05, 3.63) is 0 Å². The van der Waals surface area contributed by atoms with Gasteiger partial charge in [-0.15, -0.1) is 0 Å². The van der Waals surface area contributed by atoms with Crippen LogP contribution in [0.1, 0.15) is 46.0 Å². The highest BCUT2D eigenvalue weighted by Crippen LogP contribution is 2.41. The van der Waals surface area contributed by atoms with Gasteiger partial charge >= 0.3 is 0 Å². The summed E-state index contributed by atoms with van der Waals surface area (Å²) in [5.41, 5.74) is 3.39. The maximum absolute atomic E-state index is 5.36. The topological polar surface area (TPSA) is 38.0 Å². The van der Waals surface area contributed by atoms with Crippen LogP contribution in [0.15, 0.2) is 0 Å². The Labute approximate surface area is 69.5 Å². The van der Waals surface area contributed by atoms with E-state index in [1.54, 1.807) is 0 Å². The van der Waals surface area contributed by atoms with Crippen LogP contribution in [0.25, 0.3) is 0 Å². The normalized spacial score (nSPS) is 25.4. The molecule has 66 valence electrons. The molecule has 0 radical (unpaired) electrons. The van der Waals surface area contributed by atoms with Crippen molar-refractivity contribution >= 4 is 0 Å². The van der Waals surface area contributed by atoms with Crippen molar-refractivity contribution in [2.45, 2.75) is 52.0 Å². The minimum absolute atomic E-state index is 0.470. The lowest BCUT2D eigenvalue weighted by atomic mass is 9.83.